The second kappa shape index (κ2) is 11.8. The van der Waals surface area contributed by atoms with Gasteiger partial charge in [-0.1, -0.05) is 6.92 Å². The molecule has 0 saturated heterocycles. The maximum Gasteiger partial charge on any atom is 0.343 e. The summed E-state index contributed by atoms with van der Waals surface area (Å²) in [5.41, 5.74) is 3.38. The lowest BCUT2D eigenvalue weighted by Crippen LogP contribution is -2.40. The van der Waals surface area contributed by atoms with Crippen molar-refractivity contribution in [2.24, 2.45) is 11.8 Å². The lowest BCUT2D eigenvalue weighted by molar-refractivity contribution is -0.123. The van der Waals surface area contributed by atoms with Gasteiger partial charge < -0.3 is 13.9 Å². The normalized spacial score (nSPS) is 17.3. The molecule has 0 spiro atoms. The molecule has 0 radical (unpaired) electrons. The first-order valence-electron chi connectivity index (χ1n) is 13.5. The van der Waals surface area contributed by atoms with E-state index in [0.717, 1.165) is 48.0 Å². The molecule has 1 aromatic carbocycles. The van der Waals surface area contributed by atoms with Crippen LogP contribution < -0.4 is 4.90 Å². The zero-order chi connectivity index (χ0) is 27.4. The second-order valence-corrected chi connectivity index (χ2v) is 10.0. The summed E-state index contributed by atoms with van der Waals surface area (Å²) < 4.78 is 18.2. The first kappa shape index (κ1) is 26.6. The van der Waals surface area contributed by atoms with Crippen molar-refractivity contribution in [3.63, 3.8) is 0 Å². The Morgan fingerprint density at radius 3 is 2.59 bits per heavy atom. The largest absolute Gasteiger partial charge is 0.462 e. The van der Waals surface area contributed by atoms with Gasteiger partial charge in [-0.15, -0.1) is 5.10 Å². The highest BCUT2D eigenvalue weighted by Crippen LogP contribution is 2.32. The fourth-order valence-electron chi connectivity index (χ4n) is 5.07. The Labute approximate surface area is 227 Å². The van der Waals surface area contributed by atoms with E-state index in [4.69, 9.17) is 19.0 Å². The van der Waals surface area contributed by atoms with Crippen LogP contribution in [0.2, 0.25) is 0 Å². The van der Waals surface area contributed by atoms with Crippen LogP contribution in [0.25, 0.3) is 28.1 Å². The summed E-state index contributed by atoms with van der Waals surface area (Å²) in [6, 6.07) is 13.3. The van der Waals surface area contributed by atoms with Gasteiger partial charge >= 0.3 is 5.97 Å². The Balaban J connectivity index is 1.48. The third-order valence-electron chi connectivity index (χ3n) is 7.30. The average molecular weight is 531 g/mol. The number of nitrogens with zero attached hydrogens (tertiary/aromatic N) is 4. The van der Waals surface area contributed by atoms with E-state index in [0.29, 0.717) is 30.6 Å². The fraction of sp³-hybridized carbons (Fsp3) is 0.400. The van der Waals surface area contributed by atoms with E-state index in [1.165, 1.54) is 0 Å². The van der Waals surface area contributed by atoms with Gasteiger partial charge in [0.05, 0.1) is 25.4 Å². The summed E-state index contributed by atoms with van der Waals surface area (Å²) >= 11 is 0. The molecule has 9 nitrogen and oxygen atoms in total. The lowest BCUT2D eigenvalue weighted by atomic mass is 9.82. The van der Waals surface area contributed by atoms with Crippen LogP contribution in [0.1, 0.15) is 49.9 Å². The highest BCUT2D eigenvalue weighted by Gasteiger charge is 2.33. The zero-order valence-corrected chi connectivity index (χ0v) is 22.6. The maximum atomic E-state index is 13.7. The molecular weight excluding hydrogens is 496 g/mol. The number of anilines is 1. The Hall–Kier alpha value is -3.98. The second-order valence-electron chi connectivity index (χ2n) is 10.0. The lowest BCUT2D eigenvalue weighted by Gasteiger charge is -2.30. The highest BCUT2D eigenvalue weighted by atomic mass is 16.5. The number of furan rings is 1. The van der Waals surface area contributed by atoms with E-state index >= 15 is 0 Å². The molecule has 0 aliphatic heterocycles. The minimum absolute atomic E-state index is 0.0245. The van der Waals surface area contributed by atoms with Gasteiger partial charge in [0.25, 0.3) is 0 Å². The number of fused-ring (bicyclic) bond motifs is 1. The molecule has 1 saturated carbocycles. The van der Waals surface area contributed by atoms with Crippen molar-refractivity contribution < 1.29 is 23.5 Å². The quantitative estimate of drug-likeness (QED) is 0.257. The van der Waals surface area contributed by atoms with Gasteiger partial charge in [-0.2, -0.15) is 0 Å². The van der Waals surface area contributed by atoms with E-state index in [1.807, 2.05) is 42.5 Å². The van der Waals surface area contributed by atoms with Gasteiger partial charge in [0.15, 0.2) is 11.4 Å². The molecule has 0 N–H and O–H groups in total. The molecule has 0 unspecified atom stereocenters. The minimum atomic E-state index is -0.516. The average Bonchev–Trinajstić information content (AvgIpc) is 3.59. The molecule has 39 heavy (non-hydrogen) atoms. The Morgan fingerprint density at radius 2 is 1.90 bits per heavy atom. The van der Waals surface area contributed by atoms with Crippen molar-refractivity contribution >= 4 is 28.8 Å². The first-order valence-corrected chi connectivity index (χ1v) is 13.5. The molecule has 1 aliphatic rings. The molecule has 0 bridgehead atoms. The van der Waals surface area contributed by atoms with Crippen molar-refractivity contribution in [2.75, 3.05) is 31.8 Å². The van der Waals surface area contributed by atoms with Gasteiger partial charge in [0.1, 0.15) is 16.8 Å². The van der Waals surface area contributed by atoms with Crippen LogP contribution in [0.5, 0.6) is 0 Å². The van der Waals surface area contributed by atoms with Crippen molar-refractivity contribution in [3.8, 4) is 17.0 Å². The van der Waals surface area contributed by atoms with Crippen molar-refractivity contribution in [1.82, 2.24) is 14.8 Å². The van der Waals surface area contributed by atoms with Crippen molar-refractivity contribution in [3.05, 3.63) is 60.4 Å². The molecule has 5 rings (SSSR count). The van der Waals surface area contributed by atoms with Crippen LogP contribution in [0.3, 0.4) is 0 Å². The third-order valence-corrected chi connectivity index (χ3v) is 7.30. The highest BCUT2D eigenvalue weighted by molar-refractivity contribution is 6.02. The molecule has 1 fully saturated rings. The number of benzene rings is 1. The minimum Gasteiger partial charge on any atom is -0.462 e. The van der Waals surface area contributed by atoms with Gasteiger partial charge in [0.2, 0.25) is 5.91 Å². The van der Waals surface area contributed by atoms with Crippen LogP contribution in [0.4, 0.5) is 5.82 Å². The van der Waals surface area contributed by atoms with Crippen molar-refractivity contribution in [1.29, 1.82) is 0 Å². The Kier molecular flexibility index (Phi) is 8.07. The summed E-state index contributed by atoms with van der Waals surface area (Å²) in [5, 5.41) is 4.74. The Bertz CT molecular complexity index is 1400. The van der Waals surface area contributed by atoms with E-state index in [-0.39, 0.29) is 24.0 Å². The summed E-state index contributed by atoms with van der Waals surface area (Å²) in [5.74, 6) is 0.981. The molecular formula is C30H34N4O5. The van der Waals surface area contributed by atoms with E-state index in [9.17, 15) is 9.59 Å². The topological polar surface area (TPSA) is 99.7 Å². The van der Waals surface area contributed by atoms with E-state index in [2.05, 4.69) is 11.9 Å². The van der Waals surface area contributed by atoms with Gasteiger partial charge in [-0.05, 0) is 74.9 Å². The predicted octanol–water partition coefficient (Wildman–Crippen LogP) is 5.66. The number of pyridine rings is 1. The van der Waals surface area contributed by atoms with Gasteiger partial charge in [0, 0.05) is 37.1 Å². The molecule has 3 aromatic heterocycles. The van der Waals surface area contributed by atoms with Crippen LogP contribution in [0.15, 0.2) is 59.3 Å². The number of rotatable bonds is 9. The predicted molar refractivity (Wildman–Crippen MR) is 148 cm³/mol. The van der Waals surface area contributed by atoms with Crippen LogP contribution in [-0.4, -0.2) is 53.5 Å². The molecule has 0 atom stereocenters. The van der Waals surface area contributed by atoms with Crippen molar-refractivity contribution in [2.45, 2.75) is 39.5 Å². The number of amides is 1. The molecule has 204 valence electrons. The number of aromatic nitrogens is 3. The summed E-state index contributed by atoms with van der Waals surface area (Å²) in [6.45, 7) is 4.82. The van der Waals surface area contributed by atoms with Gasteiger partial charge in [-0.25, -0.2) is 9.48 Å². The van der Waals surface area contributed by atoms with Crippen LogP contribution in [0, 0.1) is 11.8 Å². The molecule has 1 aliphatic carbocycles. The standard InChI is InChI=1S/C30H34N4O5/c1-4-38-30(36)24-19-34(23-13-11-21(12-14-23)27-18-25-26(39-27)6-5-15-31-25)32-28(24)33(16-17-37-3)29(35)22-9-7-20(2)8-10-22/h5-6,11-15,18-20,22H,4,7-10,16-17H2,1-3H3. The SMILES string of the molecule is CCOC(=O)c1cn(-c2ccc(-c3cc4ncccc4o3)cc2)nc1N(CCOC)C(=O)C1CCC(C)CC1. The third kappa shape index (κ3) is 5.73. The fourth-order valence-corrected chi connectivity index (χ4v) is 5.07. The summed E-state index contributed by atoms with van der Waals surface area (Å²) in [4.78, 5) is 32.6. The number of hydrogen-bond acceptors (Lipinski definition) is 7. The van der Waals surface area contributed by atoms with Crippen LogP contribution in [-0.2, 0) is 14.3 Å². The number of carbonyl (C=O) groups is 2. The summed E-state index contributed by atoms with van der Waals surface area (Å²) in [7, 11) is 1.59. The van der Waals surface area contributed by atoms with Crippen LogP contribution >= 0.6 is 0 Å². The molecule has 3 heterocycles. The van der Waals surface area contributed by atoms with Gasteiger partial charge in [-0.3, -0.25) is 14.7 Å². The zero-order valence-electron chi connectivity index (χ0n) is 22.6. The number of carbonyl (C=O) groups excluding carboxylic acids is 2. The number of methoxy groups -OCH3 is 1. The monoisotopic (exact) mass is 530 g/mol. The summed E-state index contributed by atoms with van der Waals surface area (Å²) in [6.07, 6.45) is 7.05. The number of esters is 1. The molecule has 9 heteroatoms. The smallest absolute Gasteiger partial charge is 0.343 e. The first-order chi connectivity index (χ1) is 19.0. The number of ether oxygens (including phenoxy) is 2. The van der Waals surface area contributed by atoms with E-state index < -0.39 is 5.97 Å². The number of hydrogen-bond donors (Lipinski definition) is 0. The van der Waals surface area contributed by atoms with E-state index in [1.54, 1.807) is 36.0 Å². The Morgan fingerprint density at radius 1 is 1.13 bits per heavy atom. The molecule has 1 amide bonds. The molecule has 4 aromatic rings. The maximum absolute atomic E-state index is 13.7.